The predicted octanol–water partition coefficient (Wildman–Crippen LogP) is 4.43. The fourth-order valence-electron chi connectivity index (χ4n) is 5.19. The van der Waals surface area contributed by atoms with Crippen LogP contribution in [0, 0.1) is 0 Å². The minimum atomic E-state index is -0.393. The second-order valence-corrected chi connectivity index (χ2v) is 9.66. The van der Waals surface area contributed by atoms with Crippen LogP contribution < -0.4 is 5.32 Å². The lowest BCUT2D eigenvalue weighted by Gasteiger charge is -2.39. The van der Waals surface area contributed by atoms with Crippen LogP contribution in [-0.4, -0.2) is 54.3 Å². The number of carbonyl (C=O) groups is 2. The molecule has 31 heavy (non-hydrogen) atoms. The molecule has 0 radical (unpaired) electrons. The first kappa shape index (κ1) is 22.0. The number of benzene rings is 1. The van der Waals surface area contributed by atoms with E-state index >= 15 is 0 Å². The van der Waals surface area contributed by atoms with Crippen LogP contribution in [0.5, 0.6) is 0 Å². The number of amides is 2. The Kier molecular flexibility index (Phi) is 7.08. The first-order valence-corrected chi connectivity index (χ1v) is 12.4. The summed E-state index contributed by atoms with van der Waals surface area (Å²) in [5.41, 5.74) is 1.47. The smallest absolute Gasteiger partial charge is 0.254 e. The van der Waals surface area contributed by atoms with Gasteiger partial charge in [0.1, 0.15) is 0 Å². The van der Waals surface area contributed by atoms with Gasteiger partial charge in [0, 0.05) is 36.6 Å². The summed E-state index contributed by atoms with van der Waals surface area (Å²) < 4.78 is 0. The van der Waals surface area contributed by atoms with Crippen molar-refractivity contribution >= 4 is 23.2 Å². The van der Waals surface area contributed by atoms with E-state index in [4.69, 9.17) is 0 Å². The molecule has 0 saturated carbocycles. The Labute approximate surface area is 189 Å². The van der Waals surface area contributed by atoms with Crippen LogP contribution in [-0.2, 0) is 4.79 Å². The fourth-order valence-corrected chi connectivity index (χ4v) is 6.10. The molecule has 1 saturated heterocycles. The van der Waals surface area contributed by atoms with Gasteiger partial charge in [-0.25, -0.2) is 0 Å². The Morgan fingerprint density at radius 1 is 1.19 bits per heavy atom. The molecule has 2 aromatic rings. The van der Waals surface area contributed by atoms with Crippen molar-refractivity contribution in [2.75, 3.05) is 26.7 Å². The van der Waals surface area contributed by atoms with Crippen LogP contribution in [0.1, 0.15) is 71.8 Å². The number of hydrogen-bond acceptors (Lipinski definition) is 4. The van der Waals surface area contributed by atoms with Crippen LogP contribution in [0.25, 0.3) is 0 Å². The van der Waals surface area contributed by atoms with Gasteiger partial charge in [0.15, 0.2) is 0 Å². The van der Waals surface area contributed by atoms with E-state index in [0.29, 0.717) is 18.2 Å². The normalized spacial score (nSPS) is 24.1. The third-order valence-electron chi connectivity index (χ3n) is 6.84. The molecule has 5 nitrogen and oxygen atoms in total. The lowest BCUT2D eigenvalue weighted by atomic mass is 9.81. The number of fused-ring (bicyclic) bond motifs is 1. The molecule has 3 unspecified atom stereocenters. The number of nitrogens with one attached hydrogen (secondary N) is 1. The van der Waals surface area contributed by atoms with E-state index in [2.05, 4.69) is 17.1 Å². The van der Waals surface area contributed by atoms with Crippen LogP contribution in [0.2, 0.25) is 0 Å². The molecule has 1 N–H and O–H groups in total. The van der Waals surface area contributed by atoms with E-state index < -0.39 is 5.92 Å². The number of piperidine rings is 1. The van der Waals surface area contributed by atoms with E-state index in [1.807, 2.05) is 48.8 Å². The van der Waals surface area contributed by atoms with Crippen molar-refractivity contribution in [2.45, 2.75) is 57.0 Å². The molecule has 1 aromatic carbocycles. The van der Waals surface area contributed by atoms with Crippen molar-refractivity contribution < 1.29 is 9.59 Å². The van der Waals surface area contributed by atoms with Crippen molar-refractivity contribution in [2.24, 2.45) is 0 Å². The molecule has 2 aliphatic heterocycles. The van der Waals surface area contributed by atoms with Crippen molar-refractivity contribution in [3.8, 4) is 0 Å². The largest absolute Gasteiger partial charge is 0.355 e. The number of likely N-dealkylation sites (N-methyl/N-ethyl adjacent to an activating group) is 1. The standard InChI is InChI=1S/C25H33N3O2S/c1-3-18-10-6-7-15-28(18)16-9-14-26-24(29)22-19-11-4-5-12-20(19)25(30)27(2)23(22)21-13-8-17-31-21/h4-5,8,11-13,17-18,22-23H,3,6-7,9-10,14-16H2,1-2H3,(H,26,29). The Bertz CT molecular complexity index is 898. The summed E-state index contributed by atoms with van der Waals surface area (Å²) in [6.07, 6.45) is 6.07. The molecule has 3 atom stereocenters. The zero-order chi connectivity index (χ0) is 21.8. The zero-order valence-corrected chi connectivity index (χ0v) is 19.4. The number of hydrogen-bond donors (Lipinski definition) is 1. The predicted molar refractivity (Wildman–Crippen MR) is 125 cm³/mol. The van der Waals surface area contributed by atoms with Gasteiger partial charge in [0.2, 0.25) is 5.91 Å². The number of nitrogens with zero attached hydrogens (tertiary/aromatic N) is 2. The van der Waals surface area contributed by atoms with Crippen molar-refractivity contribution in [1.82, 2.24) is 15.1 Å². The Hall–Kier alpha value is -2.18. The summed E-state index contributed by atoms with van der Waals surface area (Å²) in [7, 11) is 1.81. The molecular weight excluding hydrogens is 406 g/mol. The summed E-state index contributed by atoms with van der Waals surface area (Å²) >= 11 is 1.60. The molecule has 0 spiro atoms. The highest BCUT2D eigenvalue weighted by Gasteiger charge is 2.42. The minimum absolute atomic E-state index is 0.0101. The lowest BCUT2D eigenvalue weighted by molar-refractivity contribution is -0.124. The maximum absolute atomic E-state index is 13.4. The van der Waals surface area contributed by atoms with Crippen LogP contribution in [0.4, 0.5) is 0 Å². The van der Waals surface area contributed by atoms with E-state index in [-0.39, 0.29) is 17.9 Å². The minimum Gasteiger partial charge on any atom is -0.355 e. The topological polar surface area (TPSA) is 52.7 Å². The molecule has 0 aliphatic carbocycles. The van der Waals surface area contributed by atoms with Gasteiger partial charge in [-0.2, -0.15) is 0 Å². The SMILES string of the molecule is CCC1CCCCN1CCCNC(=O)C1c2ccccc2C(=O)N(C)C1c1cccs1. The van der Waals surface area contributed by atoms with Gasteiger partial charge >= 0.3 is 0 Å². The van der Waals surface area contributed by atoms with Gasteiger partial charge in [-0.1, -0.05) is 37.6 Å². The summed E-state index contributed by atoms with van der Waals surface area (Å²) in [4.78, 5) is 31.8. The Balaban J connectivity index is 1.47. The molecule has 2 aliphatic rings. The van der Waals surface area contributed by atoms with Gasteiger partial charge in [-0.05, 0) is 55.3 Å². The molecule has 0 bridgehead atoms. The van der Waals surface area contributed by atoms with Crippen LogP contribution >= 0.6 is 11.3 Å². The van der Waals surface area contributed by atoms with E-state index in [1.54, 1.807) is 16.2 Å². The molecule has 6 heteroatoms. The quantitative estimate of drug-likeness (QED) is 0.650. The Morgan fingerprint density at radius 2 is 2.03 bits per heavy atom. The van der Waals surface area contributed by atoms with Gasteiger partial charge in [-0.3, -0.25) is 9.59 Å². The van der Waals surface area contributed by atoms with Gasteiger partial charge < -0.3 is 15.1 Å². The first-order valence-electron chi connectivity index (χ1n) is 11.5. The molecule has 1 aromatic heterocycles. The molecule has 4 rings (SSSR count). The van der Waals surface area contributed by atoms with E-state index in [0.717, 1.165) is 23.4 Å². The average Bonchev–Trinajstić information content (AvgIpc) is 3.33. The highest BCUT2D eigenvalue weighted by molar-refractivity contribution is 7.10. The number of carbonyl (C=O) groups excluding carboxylic acids is 2. The van der Waals surface area contributed by atoms with Gasteiger partial charge in [-0.15, -0.1) is 11.3 Å². The maximum Gasteiger partial charge on any atom is 0.254 e. The second kappa shape index (κ2) is 9.96. The fraction of sp³-hybridized carbons (Fsp3) is 0.520. The zero-order valence-electron chi connectivity index (χ0n) is 18.5. The van der Waals surface area contributed by atoms with Crippen molar-refractivity contribution in [3.63, 3.8) is 0 Å². The highest BCUT2D eigenvalue weighted by Crippen LogP contribution is 2.43. The Morgan fingerprint density at radius 3 is 2.81 bits per heavy atom. The lowest BCUT2D eigenvalue weighted by Crippen LogP contribution is -2.46. The maximum atomic E-state index is 13.4. The summed E-state index contributed by atoms with van der Waals surface area (Å²) in [5, 5.41) is 5.20. The van der Waals surface area contributed by atoms with E-state index in [9.17, 15) is 9.59 Å². The average molecular weight is 440 g/mol. The van der Waals surface area contributed by atoms with Gasteiger partial charge in [0.05, 0.1) is 12.0 Å². The first-order chi connectivity index (χ1) is 15.1. The highest BCUT2D eigenvalue weighted by atomic mass is 32.1. The number of rotatable bonds is 7. The third-order valence-corrected chi connectivity index (χ3v) is 7.78. The summed E-state index contributed by atoms with van der Waals surface area (Å²) in [6, 6.07) is 12.0. The van der Waals surface area contributed by atoms with Crippen molar-refractivity contribution in [3.05, 3.63) is 57.8 Å². The molecule has 1 fully saturated rings. The van der Waals surface area contributed by atoms with E-state index in [1.165, 1.54) is 32.2 Å². The van der Waals surface area contributed by atoms with Crippen LogP contribution in [0.15, 0.2) is 41.8 Å². The molecule has 166 valence electrons. The molecule has 2 amide bonds. The summed E-state index contributed by atoms with van der Waals surface area (Å²) in [5.74, 6) is -0.402. The van der Waals surface area contributed by atoms with Gasteiger partial charge in [0.25, 0.3) is 5.91 Å². The molecular formula is C25H33N3O2S. The monoisotopic (exact) mass is 439 g/mol. The van der Waals surface area contributed by atoms with Crippen molar-refractivity contribution in [1.29, 1.82) is 0 Å². The van der Waals surface area contributed by atoms with Crippen LogP contribution in [0.3, 0.4) is 0 Å². The second-order valence-electron chi connectivity index (χ2n) is 8.68. The molecule has 3 heterocycles. The third kappa shape index (κ3) is 4.55. The number of likely N-dealkylation sites (tertiary alicyclic amines) is 1. The number of thiophene rings is 1. The summed E-state index contributed by atoms with van der Waals surface area (Å²) in [6.45, 7) is 5.15.